The molecule has 0 radical (unpaired) electrons. The molecule has 2 aliphatic heterocycles. The number of nitrogens with one attached hydrogen (secondary N) is 1. The maximum atomic E-state index is 12.7. The van der Waals surface area contributed by atoms with Crippen LogP contribution in [0.5, 0.6) is 0 Å². The lowest BCUT2D eigenvalue weighted by Gasteiger charge is -2.40. The summed E-state index contributed by atoms with van der Waals surface area (Å²) in [6.07, 6.45) is 4.11. The van der Waals surface area contributed by atoms with E-state index in [0.717, 1.165) is 38.8 Å². The zero-order chi connectivity index (χ0) is 12.3. The summed E-state index contributed by atoms with van der Waals surface area (Å²) in [6.45, 7) is 7.30. The van der Waals surface area contributed by atoms with Crippen molar-refractivity contribution in [2.45, 2.75) is 51.1 Å². The Morgan fingerprint density at radius 3 is 3.00 bits per heavy atom. The van der Waals surface area contributed by atoms with Crippen LogP contribution in [0, 0.1) is 0 Å². The molecule has 2 saturated heterocycles. The van der Waals surface area contributed by atoms with Crippen LogP contribution in [0.1, 0.15) is 39.5 Å². The number of nitrogens with zero attached hydrogens (tertiary/aromatic N) is 1. The Bertz CT molecular complexity index is 275. The lowest BCUT2D eigenvalue weighted by Crippen LogP contribution is -2.59. The maximum Gasteiger partial charge on any atom is 0.243 e. The third-order valence-corrected chi connectivity index (χ3v) is 3.96. The Labute approximate surface area is 104 Å². The first-order chi connectivity index (χ1) is 8.19. The molecule has 0 saturated carbocycles. The highest BCUT2D eigenvalue weighted by molar-refractivity contribution is 5.87. The predicted molar refractivity (Wildman–Crippen MR) is 66.9 cm³/mol. The van der Waals surface area contributed by atoms with Crippen molar-refractivity contribution in [2.75, 3.05) is 26.3 Å². The van der Waals surface area contributed by atoms with Gasteiger partial charge in [0.15, 0.2) is 0 Å². The fourth-order valence-corrected chi connectivity index (χ4v) is 3.04. The summed E-state index contributed by atoms with van der Waals surface area (Å²) in [5.74, 6) is 0.299. The minimum Gasteiger partial charge on any atom is -0.377 e. The van der Waals surface area contributed by atoms with Crippen LogP contribution in [0.15, 0.2) is 0 Å². The highest BCUT2D eigenvalue weighted by Gasteiger charge is 2.43. The molecule has 0 aromatic heterocycles. The molecule has 0 aromatic rings. The Morgan fingerprint density at radius 1 is 1.59 bits per heavy atom. The number of hydrogen-bond donors (Lipinski definition) is 1. The molecule has 1 N–H and O–H groups in total. The quantitative estimate of drug-likeness (QED) is 0.805. The van der Waals surface area contributed by atoms with Crippen LogP contribution in [-0.2, 0) is 9.53 Å². The van der Waals surface area contributed by atoms with E-state index in [0.29, 0.717) is 19.1 Å². The summed E-state index contributed by atoms with van der Waals surface area (Å²) in [5, 5.41) is 3.46. The molecular formula is C13H24N2O2. The average Bonchev–Trinajstić information content (AvgIpc) is 2.79. The average molecular weight is 240 g/mol. The van der Waals surface area contributed by atoms with Gasteiger partial charge in [0, 0.05) is 6.54 Å². The Morgan fingerprint density at radius 2 is 2.41 bits per heavy atom. The van der Waals surface area contributed by atoms with Crippen molar-refractivity contribution in [3.63, 3.8) is 0 Å². The lowest BCUT2D eigenvalue weighted by molar-refractivity contribution is -0.146. The molecule has 2 fully saturated rings. The Balaban J connectivity index is 2.10. The van der Waals surface area contributed by atoms with Crippen LogP contribution in [0.3, 0.4) is 0 Å². The molecule has 0 aromatic carbocycles. The number of amides is 1. The summed E-state index contributed by atoms with van der Waals surface area (Å²) < 4.78 is 5.40. The highest BCUT2D eigenvalue weighted by Crippen LogP contribution is 2.28. The Hall–Kier alpha value is -0.610. The van der Waals surface area contributed by atoms with Crippen molar-refractivity contribution in [1.29, 1.82) is 0 Å². The van der Waals surface area contributed by atoms with E-state index in [1.807, 2.05) is 4.90 Å². The first kappa shape index (κ1) is 12.8. The van der Waals surface area contributed by atoms with Crippen LogP contribution in [0.25, 0.3) is 0 Å². The second-order valence-corrected chi connectivity index (χ2v) is 5.28. The van der Waals surface area contributed by atoms with E-state index < -0.39 is 0 Å². The monoisotopic (exact) mass is 240 g/mol. The van der Waals surface area contributed by atoms with E-state index in [1.165, 1.54) is 0 Å². The van der Waals surface area contributed by atoms with Crippen LogP contribution in [0.4, 0.5) is 0 Å². The molecule has 2 aliphatic rings. The van der Waals surface area contributed by atoms with Gasteiger partial charge in [-0.3, -0.25) is 4.79 Å². The summed E-state index contributed by atoms with van der Waals surface area (Å²) >= 11 is 0. The van der Waals surface area contributed by atoms with Crippen molar-refractivity contribution >= 4 is 5.91 Å². The number of carbonyl (C=O) groups excluding carboxylic acids is 1. The van der Waals surface area contributed by atoms with Crippen molar-refractivity contribution in [3.05, 3.63) is 0 Å². The number of carbonyl (C=O) groups is 1. The van der Waals surface area contributed by atoms with Crippen molar-refractivity contribution in [2.24, 2.45) is 0 Å². The molecule has 4 nitrogen and oxygen atoms in total. The molecule has 0 bridgehead atoms. The predicted octanol–water partition coefficient (Wildman–Crippen LogP) is 1.16. The molecule has 98 valence electrons. The number of ether oxygens (including phenoxy) is 1. The Kier molecular flexibility index (Phi) is 4.05. The second-order valence-electron chi connectivity index (χ2n) is 5.28. The molecule has 1 amide bonds. The molecule has 0 aliphatic carbocycles. The molecule has 2 atom stereocenters. The smallest absolute Gasteiger partial charge is 0.243 e. The van der Waals surface area contributed by atoms with Gasteiger partial charge in [-0.15, -0.1) is 0 Å². The fraction of sp³-hybridized carbons (Fsp3) is 0.923. The highest BCUT2D eigenvalue weighted by atomic mass is 16.5. The van der Waals surface area contributed by atoms with Gasteiger partial charge in [0.1, 0.15) is 0 Å². The normalized spacial score (nSPS) is 34.0. The third-order valence-electron chi connectivity index (χ3n) is 3.96. The van der Waals surface area contributed by atoms with E-state index >= 15 is 0 Å². The van der Waals surface area contributed by atoms with E-state index in [2.05, 4.69) is 19.2 Å². The van der Waals surface area contributed by atoms with Gasteiger partial charge in [-0.05, 0) is 32.7 Å². The largest absolute Gasteiger partial charge is 0.377 e. The zero-order valence-electron chi connectivity index (χ0n) is 11.0. The van der Waals surface area contributed by atoms with E-state index in [1.54, 1.807) is 0 Å². The molecule has 17 heavy (non-hydrogen) atoms. The minimum absolute atomic E-state index is 0.215. The standard InChI is InChI=1S/C13H24N2O2/c1-3-5-13(6-4-7-14-13)12(16)15-8-9-17-10-11(15)2/h11,14H,3-10H2,1-2H3. The van der Waals surface area contributed by atoms with Gasteiger partial charge < -0.3 is 15.0 Å². The van der Waals surface area contributed by atoms with Crippen molar-refractivity contribution in [1.82, 2.24) is 10.2 Å². The molecule has 2 heterocycles. The first-order valence-electron chi connectivity index (χ1n) is 6.83. The summed E-state index contributed by atoms with van der Waals surface area (Å²) in [4.78, 5) is 14.7. The van der Waals surface area contributed by atoms with Gasteiger partial charge in [0.25, 0.3) is 0 Å². The summed E-state index contributed by atoms with van der Waals surface area (Å²) in [6, 6.07) is 0.215. The zero-order valence-corrected chi connectivity index (χ0v) is 11.0. The number of morpholine rings is 1. The van der Waals surface area contributed by atoms with Gasteiger partial charge >= 0.3 is 0 Å². The maximum absolute atomic E-state index is 12.7. The van der Waals surface area contributed by atoms with E-state index in [-0.39, 0.29) is 11.6 Å². The summed E-state index contributed by atoms with van der Waals surface area (Å²) in [7, 11) is 0. The van der Waals surface area contributed by atoms with E-state index in [9.17, 15) is 4.79 Å². The molecule has 2 rings (SSSR count). The number of rotatable bonds is 3. The van der Waals surface area contributed by atoms with Gasteiger partial charge in [0.2, 0.25) is 5.91 Å². The van der Waals surface area contributed by atoms with Crippen LogP contribution in [-0.4, -0.2) is 48.7 Å². The SMILES string of the molecule is CCCC1(C(=O)N2CCOCC2C)CCCN1. The van der Waals surface area contributed by atoms with Gasteiger partial charge in [0.05, 0.1) is 24.8 Å². The van der Waals surface area contributed by atoms with Crippen molar-refractivity contribution in [3.8, 4) is 0 Å². The topological polar surface area (TPSA) is 41.6 Å². The first-order valence-corrected chi connectivity index (χ1v) is 6.83. The summed E-state index contributed by atoms with van der Waals surface area (Å²) in [5.41, 5.74) is -0.277. The second kappa shape index (κ2) is 5.36. The minimum atomic E-state index is -0.277. The van der Waals surface area contributed by atoms with E-state index in [4.69, 9.17) is 4.74 Å². The molecular weight excluding hydrogens is 216 g/mol. The van der Waals surface area contributed by atoms with Crippen molar-refractivity contribution < 1.29 is 9.53 Å². The third kappa shape index (κ3) is 2.47. The van der Waals surface area contributed by atoms with Crippen LogP contribution < -0.4 is 5.32 Å². The van der Waals surface area contributed by atoms with Gasteiger partial charge in [-0.1, -0.05) is 13.3 Å². The van der Waals surface area contributed by atoms with Crippen LogP contribution >= 0.6 is 0 Å². The van der Waals surface area contributed by atoms with Gasteiger partial charge in [-0.25, -0.2) is 0 Å². The molecule has 2 unspecified atom stereocenters. The van der Waals surface area contributed by atoms with Gasteiger partial charge in [-0.2, -0.15) is 0 Å². The molecule has 4 heteroatoms. The van der Waals surface area contributed by atoms with Crippen LogP contribution in [0.2, 0.25) is 0 Å². The fourth-order valence-electron chi connectivity index (χ4n) is 3.04. The number of hydrogen-bond acceptors (Lipinski definition) is 3. The molecule has 0 spiro atoms. The lowest BCUT2D eigenvalue weighted by atomic mass is 9.89.